The molecule has 0 aliphatic carbocycles. The van der Waals surface area contributed by atoms with E-state index in [9.17, 15) is 14.4 Å². The van der Waals surface area contributed by atoms with Crippen LogP contribution >= 0.6 is 11.8 Å². The molecule has 146 valence electrons. The summed E-state index contributed by atoms with van der Waals surface area (Å²) in [7, 11) is 0. The highest BCUT2D eigenvalue weighted by Crippen LogP contribution is 2.32. The largest absolute Gasteiger partial charge is 0.427 e. The predicted molar refractivity (Wildman–Crippen MR) is 107 cm³/mol. The zero-order valence-corrected chi connectivity index (χ0v) is 17.0. The summed E-state index contributed by atoms with van der Waals surface area (Å²) in [4.78, 5) is 42.1. The fraction of sp³-hybridized carbons (Fsp3) is 0.474. The van der Waals surface area contributed by atoms with Gasteiger partial charge in [-0.3, -0.25) is 24.3 Å². The Labute approximate surface area is 163 Å². The number of anilines is 1. The standard InChI is InChI=1S/C19H25N3O4S/c1-11(2)20-19-22(12(3)4)18(25)16(27-19)10-17(24)21-14-6-8-15(9-7-14)26-13(5)23/h6-9,11-12,16H,10H2,1-5H3,(H,21,24). The van der Waals surface area contributed by atoms with Gasteiger partial charge in [0.1, 0.15) is 11.0 Å². The number of carbonyl (C=O) groups is 3. The van der Waals surface area contributed by atoms with E-state index in [1.165, 1.54) is 18.7 Å². The number of hydrogen-bond donors (Lipinski definition) is 1. The first-order valence-electron chi connectivity index (χ1n) is 8.83. The highest BCUT2D eigenvalue weighted by atomic mass is 32.2. The molecular formula is C19H25N3O4S. The molecule has 1 fully saturated rings. The molecule has 0 bridgehead atoms. The van der Waals surface area contributed by atoms with Gasteiger partial charge in [-0.05, 0) is 52.0 Å². The van der Waals surface area contributed by atoms with Gasteiger partial charge in [0.05, 0.1) is 0 Å². The highest BCUT2D eigenvalue weighted by Gasteiger charge is 2.40. The van der Waals surface area contributed by atoms with Crippen LogP contribution in [0.4, 0.5) is 5.69 Å². The first kappa shape index (κ1) is 21.0. The minimum atomic E-state index is -0.481. The lowest BCUT2D eigenvalue weighted by Crippen LogP contribution is -2.38. The van der Waals surface area contributed by atoms with Gasteiger partial charge in [0, 0.05) is 31.1 Å². The van der Waals surface area contributed by atoms with Gasteiger partial charge in [0.2, 0.25) is 11.8 Å². The van der Waals surface area contributed by atoms with Crippen molar-refractivity contribution in [1.82, 2.24) is 4.90 Å². The zero-order chi connectivity index (χ0) is 20.1. The molecule has 1 aliphatic rings. The average Bonchev–Trinajstić information content (AvgIpc) is 2.83. The number of hydrogen-bond acceptors (Lipinski definition) is 6. The molecule has 1 aromatic rings. The van der Waals surface area contributed by atoms with Gasteiger partial charge in [-0.15, -0.1) is 0 Å². The number of amides is 2. The lowest BCUT2D eigenvalue weighted by Gasteiger charge is -2.21. The summed E-state index contributed by atoms with van der Waals surface area (Å²) in [5.74, 6) is -0.341. The van der Waals surface area contributed by atoms with E-state index < -0.39 is 11.2 Å². The van der Waals surface area contributed by atoms with Crippen molar-refractivity contribution in [1.29, 1.82) is 0 Å². The fourth-order valence-corrected chi connectivity index (χ4v) is 3.94. The van der Waals surface area contributed by atoms with E-state index >= 15 is 0 Å². The first-order chi connectivity index (χ1) is 12.7. The molecule has 2 amide bonds. The SMILES string of the molecule is CC(=O)Oc1ccc(NC(=O)CC2SC(=NC(C)C)N(C(C)C)C2=O)cc1. The zero-order valence-electron chi connectivity index (χ0n) is 16.2. The maximum Gasteiger partial charge on any atom is 0.308 e. The number of nitrogens with one attached hydrogen (secondary N) is 1. The summed E-state index contributed by atoms with van der Waals surface area (Å²) in [5.41, 5.74) is 0.572. The van der Waals surface area contributed by atoms with Crippen LogP contribution in [0.5, 0.6) is 5.75 Å². The van der Waals surface area contributed by atoms with Crippen LogP contribution < -0.4 is 10.1 Å². The molecule has 1 atom stereocenters. The van der Waals surface area contributed by atoms with E-state index in [2.05, 4.69) is 10.3 Å². The number of thioether (sulfide) groups is 1. The summed E-state index contributed by atoms with van der Waals surface area (Å²) < 4.78 is 4.96. The lowest BCUT2D eigenvalue weighted by atomic mass is 10.2. The van der Waals surface area contributed by atoms with E-state index in [4.69, 9.17) is 4.74 Å². The molecule has 1 aromatic carbocycles. The molecule has 7 nitrogen and oxygen atoms in total. The Morgan fingerprint density at radius 2 is 1.85 bits per heavy atom. The van der Waals surface area contributed by atoms with Crippen molar-refractivity contribution in [2.45, 2.75) is 58.4 Å². The molecule has 0 spiro atoms. The molecule has 27 heavy (non-hydrogen) atoms. The molecule has 1 unspecified atom stereocenters. The third-order valence-corrected chi connectivity index (χ3v) is 4.79. The molecule has 8 heteroatoms. The molecule has 0 radical (unpaired) electrons. The van der Waals surface area contributed by atoms with Gasteiger partial charge >= 0.3 is 5.97 Å². The molecule has 0 aromatic heterocycles. The summed E-state index contributed by atoms with van der Waals surface area (Å²) >= 11 is 1.34. The van der Waals surface area contributed by atoms with Gasteiger partial charge < -0.3 is 10.1 Å². The minimum Gasteiger partial charge on any atom is -0.427 e. The van der Waals surface area contributed by atoms with E-state index in [0.717, 1.165) is 0 Å². The third kappa shape index (κ3) is 5.82. The van der Waals surface area contributed by atoms with Crippen molar-refractivity contribution in [3.8, 4) is 5.75 Å². The topological polar surface area (TPSA) is 88.1 Å². The molecule has 2 rings (SSSR count). The Bertz CT molecular complexity index is 744. The normalized spacial score (nSPS) is 18.5. The molecule has 0 saturated carbocycles. The van der Waals surface area contributed by atoms with Gasteiger partial charge in [-0.1, -0.05) is 11.8 Å². The number of benzene rings is 1. The third-order valence-electron chi connectivity index (χ3n) is 3.62. The minimum absolute atomic E-state index is 0.00983. The fourth-order valence-electron chi connectivity index (χ4n) is 2.55. The maximum absolute atomic E-state index is 12.7. The second kappa shape index (κ2) is 9.03. The van der Waals surface area contributed by atoms with Gasteiger partial charge in [-0.25, -0.2) is 0 Å². The molecule has 1 aliphatic heterocycles. The summed E-state index contributed by atoms with van der Waals surface area (Å²) in [6, 6.07) is 6.55. The van der Waals surface area contributed by atoms with Crippen LogP contribution in [0.3, 0.4) is 0 Å². The Hall–Kier alpha value is -2.35. The number of rotatable bonds is 6. The van der Waals surface area contributed by atoms with Crippen LogP contribution in [0.15, 0.2) is 29.3 Å². The Morgan fingerprint density at radius 1 is 1.22 bits per heavy atom. The van der Waals surface area contributed by atoms with Crippen LogP contribution in [0.1, 0.15) is 41.0 Å². The highest BCUT2D eigenvalue weighted by molar-refractivity contribution is 8.15. The summed E-state index contributed by atoms with van der Waals surface area (Å²) in [6.45, 7) is 9.10. The van der Waals surface area contributed by atoms with E-state index in [0.29, 0.717) is 16.6 Å². The lowest BCUT2D eigenvalue weighted by molar-refractivity contribution is -0.132. The van der Waals surface area contributed by atoms with Gasteiger partial charge in [-0.2, -0.15) is 0 Å². The number of carbonyl (C=O) groups excluding carboxylic acids is 3. The number of ether oxygens (including phenoxy) is 1. The van der Waals surface area contributed by atoms with Crippen molar-refractivity contribution >= 4 is 40.4 Å². The molecule has 1 heterocycles. The van der Waals surface area contributed by atoms with Crippen molar-refractivity contribution in [3.63, 3.8) is 0 Å². The van der Waals surface area contributed by atoms with Crippen LogP contribution in [0, 0.1) is 0 Å². The van der Waals surface area contributed by atoms with Crippen LogP contribution in [0.2, 0.25) is 0 Å². The quantitative estimate of drug-likeness (QED) is 0.595. The smallest absolute Gasteiger partial charge is 0.308 e. The second-order valence-electron chi connectivity index (χ2n) is 6.78. The molecule has 1 saturated heterocycles. The Kier molecular flexibility index (Phi) is 7.01. The number of amidine groups is 1. The summed E-state index contributed by atoms with van der Waals surface area (Å²) in [6.07, 6.45) is 0.0650. The van der Waals surface area contributed by atoms with Crippen molar-refractivity contribution < 1.29 is 19.1 Å². The van der Waals surface area contributed by atoms with Crippen LogP contribution in [0.25, 0.3) is 0 Å². The Morgan fingerprint density at radius 3 is 2.37 bits per heavy atom. The van der Waals surface area contributed by atoms with Crippen molar-refractivity contribution in [2.24, 2.45) is 4.99 Å². The maximum atomic E-state index is 12.7. The van der Waals surface area contributed by atoms with Gasteiger partial charge in [0.15, 0.2) is 5.17 Å². The van der Waals surface area contributed by atoms with E-state index in [1.54, 1.807) is 29.2 Å². The molecular weight excluding hydrogens is 366 g/mol. The van der Waals surface area contributed by atoms with E-state index in [-0.39, 0.29) is 30.3 Å². The van der Waals surface area contributed by atoms with Crippen LogP contribution in [-0.4, -0.2) is 45.2 Å². The average molecular weight is 391 g/mol. The van der Waals surface area contributed by atoms with E-state index in [1.807, 2.05) is 27.7 Å². The Balaban J connectivity index is 2.00. The predicted octanol–water partition coefficient (Wildman–Crippen LogP) is 3.06. The van der Waals surface area contributed by atoms with Crippen molar-refractivity contribution in [2.75, 3.05) is 5.32 Å². The number of nitrogens with zero attached hydrogens (tertiary/aromatic N) is 2. The second-order valence-corrected chi connectivity index (χ2v) is 7.95. The molecule has 1 N–H and O–H groups in total. The monoisotopic (exact) mass is 391 g/mol. The number of esters is 1. The van der Waals surface area contributed by atoms with Gasteiger partial charge in [0.25, 0.3) is 0 Å². The first-order valence-corrected chi connectivity index (χ1v) is 9.71. The van der Waals surface area contributed by atoms with Crippen LogP contribution in [-0.2, 0) is 14.4 Å². The number of aliphatic imine (C=N–C) groups is 1. The van der Waals surface area contributed by atoms with Crippen molar-refractivity contribution in [3.05, 3.63) is 24.3 Å². The summed E-state index contributed by atoms with van der Waals surface area (Å²) in [5, 5.41) is 2.96.